The first-order valence-electron chi connectivity index (χ1n) is 7.93. The second-order valence-electron chi connectivity index (χ2n) is 5.64. The molecule has 134 valence electrons. The van der Waals surface area contributed by atoms with Crippen molar-refractivity contribution in [2.75, 3.05) is 5.32 Å². The minimum absolute atomic E-state index is 0.150. The van der Waals surface area contributed by atoms with Gasteiger partial charge in [0.05, 0.1) is 34.5 Å². The molecule has 2 N–H and O–H groups in total. The Morgan fingerprint density at radius 1 is 1.27 bits per heavy atom. The van der Waals surface area contributed by atoms with Gasteiger partial charge < -0.3 is 10.6 Å². The van der Waals surface area contributed by atoms with Crippen molar-refractivity contribution >= 4 is 44.8 Å². The number of hydrogen-bond donors (Lipinski definition) is 2. The molecule has 1 aromatic carbocycles. The number of hydrogen-bond acceptors (Lipinski definition) is 4. The number of carbonyl (C=O) groups is 2. The van der Waals surface area contributed by atoms with Gasteiger partial charge >= 0.3 is 0 Å². The Bertz CT molecular complexity index is 908. The SMILES string of the molecule is CC(=O)NC(CC(=O)Nc1ccccc1-n1cc(Br)cn1)c1cccs1. The molecule has 0 aliphatic carbocycles. The first kappa shape index (κ1) is 18.3. The van der Waals surface area contributed by atoms with E-state index in [0.717, 1.165) is 15.0 Å². The van der Waals surface area contributed by atoms with Gasteiger partial charge in [0, 0.05) is 18.0 Å². The molecule has 2 amide bonds. The summed E-state index contributed by atoms with van der Waals surface area (Å²) in [5.41, 5.74) is 1.42. The van der Waals surface area contributed by atoms with Gasteiger partial charge in [-0.15, -0.1) is 11.3 Å². The Kier molecular flexibility index (Phi) is 5.85. The van der Waals surface area contributed by atoms with Gasteiger partial charge in [0.2, 0.25) is 11.8 Å². The van der Waals surface area contributed by atoms with Gasteiger partial charge in [-0.1, -0.05) is 18.2 Å². The zero-order chi connectivity index (χ0) is 18.5. The maximum absolute atomic E-state index is 12.6. The number of para-hydroxylation sites is 2. The average molecular weight is 433 g/mol. The van der Waals surface area contributed by atoms with Gasteiger partial charge in [-0.05, 0) is 39.5 Å². The van der Waals surface area contributed by atoms with E-state index in [9.17, 15) is 9.59 Å². The van der Waals surface area contributed by atoms with Crippen LogP contribution in [0.2, 0.25) is 0 Å². The summed E-state index contributed by atoms with van der Waals surface area (Å²) in [4.78, 5) is 25.0. The topological polar surface area (TPSA) is 76.0 Å². The maximum Gasteiger partial charge on any atom is 0.226 e. The van der Waals surface area contributed by atoms with Crippen molar-refractivity contribution in [3.05, 3.63) is 63.5 Å². The van der Waals surface area contributed by atoms with Crippen LogP contribution < -0.4 is 10.6 Å². The summed E-state index contributed by atoms with van der Waals surface area (Å²) in [6.07, 6.45) is 3.65. The highest BCUT2D eigenvalue weighted by molar-refractivity contribution is 9.10. The van der Waals surface area contributed by atoms with Crippen molar-refractivity contribution < 1.29 is 9.59 Å². The summed E-state index contributed by atoms with van der Waals surface area (Å²) in [5, 5.41) is 11.9. The van der Waals surface area contributed by atoms with E-state index in [4.69, 9.17) is 0 Å². The van der Waals surface area contributed by atoms with Crippen LogP contribution in [0.1, 0.15) is 24.3 Å². The number of aromatic nitrogens is 2. The quantitative estimate of drug-likeness (QED) is 0.619. The van der Waals surface area contributed by atoms with Gasteiger partial charge in [-0.25, -0.2) is 4.68 Å². The first-order chi connectivity index (χ1) is 12.5. The van der Waals surface area contributed by atoms with E-state index in [1.165, 1.54) is 18.3 Å². The van der Waals surface area contributed by atoms with Crippen molar-refractivity contribution in [2.45, 2.75) is 19.4 Å². The lowest BCUT2D eigenvalue weighted by Crippen LogP contribution is -2.29. The molecule has 0 fully saturated rings. The normalized spacial score (nSPS) is 11.8. The fraction of sp³-hybridized carbons (Fsp3) is 0.167. The Morgan fingerprint density at radius 2 is 2.08 bits per heavy atom. The zero-order valence-corrected chi connectivity index (χ0v) is 16.4. The molecule has 26 heavy (non-hydrogen) atoms. The molecule has 8 heteroatoms. The second-order valence-corrected chi connectivity index (χ2v) is 7.54. The summed E-state index contributed by atoms with van der Waals surface area (Å²) in [7, 11) is 0. The molecule has 0 aliphatic rings. The highest BCUT2D eigenvalue weighted by atomic mass is 79.9. The molecule has 0 aliphatic heterocycles. The molecule has 0 bridgehead atoms. The molecule has 0 radical (unpaired) electrons. The van der Waals surface area contributed by atoms with Gasteiger partial charge in [-0.3, -0.25) is 9.59 Å². The number of nitrogens with zero attached hydrogens (tertiary/aromatic N) is 2. The monoisotopic (exact) mass is 432 g/mol. The molecule has 0 saturated heterocycles. The van der Waals surface area contributed by atoms with Crippen LogP contribution >= 0.6 is 27.3 Å². The largest absolute Gasteiger partial charge is 0.348 e. The Morgan fingerprint density at radius 3 is 2.73 bits per heavy atom. The summed E-state index contributed by atoms with van der Waals surface area (Å²) in [6, 6.07) is 10.9. The minimum atomic E-state index is -0.349. The Labute approximate surface area is 163 Å². The molecule has 1 unspecified atom stereocenters. The fourth-order valence-corrected chi connectivity index (χ4v) is 3.62. The zero-order valence-electron chi connectivity index (χ0n) is 14.0. The summed E-state index contributed by atoms with van der Waals surface area (Å²) < 4.78 is 2.53. The number of benzene rings is 1. The van der Waals surface area contributed by atoms with E-state index in [1.54, 1.807) is 10.9 Å². The number of nitrogens with one attached hydrogen (secondary N) is 2. The lowest BCUT2D eigenvalue weighted by molar-refractivity contribution is -0.120. The van der Waals surface area contributed by atoms with Crippen molar-refractivity contribution in [3.63, 3.8) is 0 Å². The molecule has 2 aromatic heterocycles. The van der Waals surface area contributed by atoms with Crippen molar-refractivity contribution in [2.24, 2.45) is 0 Å². The van der Waals surface area contributed by atoms with Gasteiger partial charge in [0.15, 0.2) is 0 Å². The standard InChI is InChI=1S/C18H17BrN4O2S/c1-12(24)21-15(17-7-4-8-26-17)9-18(25)22-14-5-2-3-6-16(14)23-11-13(19)10-20-23/h2-8,10-11,15H,9H2,1H3,(H,21,24)(H,22,25). The van der Waals surface area contributed by atoms with E-state index >= 15 is 0 Å². The van der Waals surface area contributed by atoms with Crippen molar-refractivity contribution in [3.8, 4) is 5.69 Å². The van der Waals surface area contributed by atoms with Crippen LogP contribution in [-0.2, 0) is 9.59 Å². The lowest BCUT2D eigenvalue weighted by Gasteiger charge is -2.17. The van der Waals surface area contributed by atoms with E-state index in [0.29, 0.717) is 5.69 Å². The number of amides is 2. The van der Waals surface area contributed by atoms with Crippen LogP contribution in [0.25, 0.3) is 5.69 Å². The third-order valence-corrected chi connectivity index (χ3v) is 5.03. The number of thiophene rings is 1. The smallest absolute Gasteiger partial charge is 0.226 e. The van der Waals surface area contributed by atoms with Crippen LogP contribution in [0.3, 0.4) is 0 Å². The molecule has 6 nitrogen and oxygen atoms in total. The molecular weight excluding hydrogens is 416 g/mol. The van der Waals surface area contributed by atoms with Crippen molar-refractivity contribution in [1.82, 2.24) is 15.1 Å². The molecule has 0 spiro atoms. The number of anilines is 1. The van der Waals surface area contributed by atoms with E-state index in [1.807, 2.05) is 48.0 Å². The third kappa shape index (κ3) is 4.59. The highest BCUT2D eigenvalue weighted by Crippen LogP contribution is 2.25. The first-order valence-corrected chi connectivity index (χ1v) is 9.60. The molecule has 3 rings (SSSR count). The summed E-state index contributed by atoms with van der Waals surface area (Å²) >= 11 is 4.88. The second kappa shape index (κ2) is 8.29. The van der Waals surface area contributed by atoms with Crippen LogP contribution in [0.5, 0.6) is 0 Å². The molecule has 2 heterocycles. The third-order valence-electron chi connectivity index (χ3n) is 3.63. The van der Waals surface area contributed by atoms with Crippen molar-refractivity contribution in [1.29, 1.82) is 0 Å². The molecule has 1 atom stereocenters. The summed E-state index contributed by atoms with van der Waals surface area (Å²) in [5.74, 6) is -0.353. The highest BCUT2D eigenvalue weighted by Gasteiger charge is 2.19. The van der Waals surface area contributed by atoms with Crippen LogP contribution in [0, 0.1) is 0 Å². The molecular formula is C18H17BrN4O2S. The molecule has 0 saturated carbocycles. The Balaban J connectivity index is 1.76. The predicted octanol–water partition coefficient (Wildman–Crippen LogP) is 3.90. The summed E-state index contributed by atoms with van der Waals surface area (Å²) in [6.45, 7) is 1.45. The number of carbonyl (C=O) groups excluding carboxylic acids is 2. The van der Waals surface area contributed by atoms with E-state index in [2.05, 4.69) is 31.7 Å². The Hall–Kier alpha value is -2.45. The van der Waals surface area contributed by atoms with E-state index < -0.39 is 0 Å². The predicted molar refractivity (Wildman–Crippen MR) is 105 cm³/mol. The lowest BCUT2D eigenvalue weighted by atomic mass is 10.1. The maximum atomic E-state index is 12.6. The minimum Gasteiger partial charge on any atom is -0.348 e. The van der Waals surface area contributed by atoms with Gasteiger partial charge in [0.25, 0.3) is 0 Å². The van der Waals surface area contributed by atoms with Crippen LogP contribution in [-0.4, -0.2) is 21.6 Å². The number of rotatable bonds is 6. The van der Waals surface area contributed by atoms with Crippen LogP contribution in [0.15, 0.2) is 58.6 Å². The fourth-order valence-electron chi connectivity index (χ4n) is 2.56. The van der Waals surface area contributed by atoms with Crippen LogP contribution in [0.4, 0.5) is 5.69 Å². The average Bonchev–Trinajstić information content (AvgIpc) is 3.26. The number of halogens is 1. The molecule has 3 aromatic rings. The van der Waals surface area contributed by atoms with Gasteiger partial charge in [-0.2, -0.15) is 5.10 Å². The van der Waals surface area contributed by atoms with Gasteiger partial charge in [0.1, 0.15) is 0 Å². The van der Waals surface area contributed by atoms with E-state index in [-0.39, 0.29) is 24.3 Å².